The summed E-state index contributed by atoms with van der Waals surface area (Å²) in [6.45, 7) is 5.90. The van der Waals surface area contributed by atoms with Crippen molar-refractivity contribution in [1.82, 2.24) is 21.3 Å². The van der Waals surface area contributed by atoms with Crippen LogP contribution in [0.2, 0.25) is 0 Å². The van der Waals surface area contributed by atoms with Gasteiger partial charge in [-0.2, -0.15) is 5.26 Å². The SMILES string of the molecule is CC(C)(C)NC(=O)c1ccccc1C[C@@H](O)[C@H](Cc1ccccc1)NC(=O)[C@H](CC#N)NC(=O)NCc1cccc2ccccc12. The molecule has 0 spiro atoms. The van der Waals surface area contributed by atoms with Crippen molar-refractivity contribution >= 4 is 28.6 Å². The van der Waals surface area contributed by atoms with Crippen LogP contribution in [0.15, 0.2) is 97.1 Å². The first kappa shape index (κ1) is 33.7. The third-order valence-electron chi connectivity index (χ3n) is 7.51. The number of hydrogen-bond acceptors (Lipinski definition) is 5. The molecule has 0 bridgehead atoms. The first-order valence-corrected chi connectivity index (χ1v) is 15.3. The van der Waals surface area contributed by atoms with Crippen LogP contribution in [0.25, 0.3) is 10.8 Å². The smallest absolute Gasteiger partial charge is 0.315 e. The maximum absolute atomic E-state index is 13.5. The number of benzene rings is 4. The Morgan fingerprint density at radius 1 is 0.804 bits per heavy atom. The Balaban J connectivity index is 1.47. The first-order chi connectivity index (χ1) is 22.0. The van der Waals surface area contributed by atoms with Crippen LogP contribution in [0.3, 0.4) is 0 Å². The molecule has 0 fully saturated rings. The van der Waals surface area contributed by atoms with Gasteiger partial charge in [0.2, 0.25) is 5.91 Å². The Morgan fingerprint density at radius 2 is 1.46 bits per heavy atom. The van der Waals surface area contributed by atoms with Crippen molar-refractivity contribution in [3.63, 3.8) is 0 Å². The molecule has 238 valence electrons. The zero-order chi connectivity index (χ0) is 33.1. The molecule has 0 aliphatic carbocycles. The van der Waals surface area contributed by atoms with Crippen molar-refractivity contribution in [3.05, 3.63) is 119 Å². The van der Waals surface area contributed by atoms with Crippen LogP contribution in [-0.4, -0.2) is 46.7 Å². The van der Waals surface area contributed by atoms with E-state index < -0.39 is 35.7 Å². The summed E-state index contributed by atoms with van der Waals surface area (Å²) in [5.41, 5.74) is 2.41. The number of aliphatic hydroxyl groups is 1. The molecule has 0 aromatic heterocycles. The summed E-state index contributed by atoms with van der Waals surface area (Å²) in [7, 11) is 0. The van der Waals surface area contributed by atoms with E-state index >= 15 is 0 Å². The molecule has 4 rings (SSSR count). The number of nitriles is 1. The van der Waals surface area contributed by atoms with Gasteiger partial charge in [0.1, 0.15) is 6.04 Å². The van der Waals surface area contributed by atoms with E-state index in [4.69, 9.17) is 0 Å². The third-order valence-corrected chi connectivity index (χ3v) is 7.51. The molecule has 46 heavy (non-hydrogen) atoms. The molecule has 0 aliphatic rings. The highest BCUT2D eigenvalue weighted by Gasteiger charge is 2.28. The topological polar surface area (TPSA) is 143 Å². The van der Waals surface area contributed by atoms with Gasteiger partial charge in [-0.15, -0.1) is 0 Å². The van der Waals surface area contributed by atoms with Crippen LogP contribution < -0.4 is 21.3 Å². The molecule has 0 heterocycles. The van der Waals surface area contributed by atoms with Crippen LogP contribution in [0, 0.1) is 11.3 Å². The van der Waals surface area contributed by atoms with Gasteiger partial charge in [0.15, 0.2) is 0 Å². The molecule has 9 heteroatoms. The molecule has 0 unspecified atom stereocenters. The molecule has 4 aromatic carbocycles. The van der Waals surface area contributed by atoms with E-state index in [0.29, 0.717) is 11.1 Å². The van der Waals surface area contributed by atoms with Gasteiger partial charge in [-0.1, -0.05) is 91.0 Å². The minimum atomic E-state index is -1.16. The van der Waals surface area contributed by atoms with Crippen LogP contribution in [0.1, 0.15) is 54.2 Å². The lowest BCUT2D eigenvalue weighted by Gasteiger charge is -2.27. The second-order valence-corrected chi connectivity index (χ2v) is 12.3. The Labute approximate surface area is 270 Å². The predicted octanol–water partition coefficient (Wildman–Crippen LogP) is 4.78. The molecular formula is C37H41N5O4. The number of nitrogens with zero attached hydrogens (tertiary/aromatic N) is 1. The summed E-state index contributed by atoms with van der Waals surface area (Å²) in [4.78, 5) is 39.5. The van der Waals surface area contributed by atoms with Gasteiger partial charge in [0.05, 0.1) is 24.6 Å². The fourth-order valence-corrected chi connectivity index (χ4v) is 5.26. The van der Waals surface area contributed by atoms with E-state index in [2.05, 4.69) is 21.3 Å². The van der Waals surface area contributed by atoms with Crippen LogP contribution >= 0.6 is 0 Å². The number of urea groups is 1. The quantitative estimate of drug-likeness (QED) is 0.155. The molecule has 9 nitrogen and oxygen atoms in total. The molecule has 5 N–H and O–H groups in total. The second kappa shape index (κ2) is 15.7. The lowest BCUT2D eigenvalue weighted by atomic mass is 9.93. The largest absolute Gasteiger partial charge is 0.391 e. The molecule has 0 saturated carbocycles. The number of carbonyl (C=O) groups is 3. The summed E-state index contributed by atoms with van der Waals surface area (Å²) < 4.78 is 0. The van der Waals surface area contributed by atoms with Crippen molar-refractivity contribution in [1.29, 1.82) is 5.26 Å². The number of carbonyl (C=O) groups excluding carboxylic acids is 3. The molecule has 4 amide bonds. The average molecular weight is 620 g/mol. The third kappa shape index (κ3) is 9.65. The van der Waals surface area contributed by atoms with E-state index in [1.807, 2.05) is 99.6 Å². The van der Waals surface area contributed by atoms with Gasteiger partial charge in [0.25, 0.3) is 5.91 Å². The summed E-state index contributed by atoms with van der Waals surface area (Å²) in [6, 6.07) is 29.5. The number of hydrogen-bond donors (Lipinski definition) is 5. The minimum absolute atomic E-state index is 0.0907. The zero-order valence-electron chi connectivity index (χ0n) is 26.4. The van der Waals surface area contributed by atoms with Crippen molar-refractivity contribution in [2.24, 2.45) is 0 Å². The Morgan fingerprint density at radius 3 is 2.20 bits per heavy atom. The number of amides is 4. The average Bonchev–Trinajstić information content (AvgIpc) is 3.03. The monoisotopic (exact) mass is 619 g/mol. The van der Waals surface area contributed by atoms with E-state index in [1.165, 1.54) is 0 Å². The highest BCUT2D eigenvalue weighted by molar-refractivity contribution is 5.96. The standard InChI is InChI=1S/C37H41N5O4/c1-37(2,3)42-34(44)30-19-10-8-15-27(30)23-33(43)32(22-25-12-5-4-6-13-25)40-35(45)31(20-21-38)41-36(46)39-24-28-17-11-16-26-14-7-9-18-29(26)28/h4-19,31-33,43H,20,22-24H2,1-3H3,(H,40,45)(H,42,44)(H2,39,41,46)/t31-,32-,33+/m0/s1. The van der Waals surface area contributed by atoms with E-state index in [1.54, 1.807) is 24.3 Å². The highest BCUT2D eigenvalue weighted by Crippen LogP contribution is 2.19. The Hall–Kier alpha value is -5.20. The normalized spacial score (nSPS) is 13.1. The molecule has 3 atom stereocenters. The number of fused-ring (bicyclic) bond motifs is 1. The number of rotatable bonds is 12. The summed E-state index contributed by atoms with van der Waals surface area (Å²) in [6.07, 6.45) is -0.975. The molecule has 4 aromatic rings. The summed E-state index contributed by atoms with van der Waals surface area (Å²) in [5.74, 6) is -0.854. The lowest BCUT2D eigenvalue weighted by molar-refractivity contribution is -0.124. The number of nitrogens with one attached hydrogen (secondary N) is 4. The molecule has 0 saturated heterocycles. The van der Waals surface area contributed by atoms with Gasteiger partial charge in [-0.25, -0.2) is 4.79 Å². The molecule has 0 aliphatic heterocycles. The van der Waals surface area contributed by atoms with E-state index in [9.17, 15) is 24.8 Å². The van der Waals surface area contributed by atoms with Crippen molar-refractivity contribution in [2.45, 2.75) is 70.3 Å². The number of aliphatic hydroxyl groups excluding tert-OH is 1. The van der Waals surface area contributed by atoms with Crippen molar-refractivity contribution < 1.29 is 19.5 Å². The van der Waals surface area contributed by atoms with Gasteiger partial charge in [-0.3, -0.25) is 9.59 Å². The predicted molar refractivity (Wildman–Crippen MR) is 179 cm³/mol. The maximum Gasteiger partial charge on any atom is 0.315 e. The summed E-state index contributed by atoms with van der Waals surface area (Å²) in [5, 5.41) is 34.3. The van der Waals surface area contributed by atoms with E-state index in [-0.39, 0.29) is 31.7 Å². The van der Waals surface area contributed by atoms with Gasteiger partial charge >= 0.3 is 6.03 Å². The van der Waals surface area contributed by atoms with Gasteiger partial charge < -0.3 is 26.4 Å². The minimum Gasteiger partial charge on any atom is -0.391 e. The Bertz CT molecular complexity index is 1690. The molecular weight excluding hydrogens is 578 g/mol. The lowest BCUT2D eigenvalue weighted by Crippen LogP contribution is -2.54. The van der Waals surface area contributed by atoms with Gasteiger partial charge in [-0.05, 0) is 60.7 Å². The second-order valence-electron chi connectivity index (χ2n) is 12.3. The molecule has 0 radical (unpaired) electrons. The van der Waals surface area contributed by atoms with Gasteiger partial charge in [0, 0.05) is 24.1 Å². The van der Waals surface area contributed by atoms with Crippen molar-refractivity contribution in [2.75, 3.05) is 0 Å². The maximum atomic E-state index is 13.5. The fourth-order valence-electron chi connectivity index (χ4n) is 5.26. The van der Waals surface area contributed by atoms with Crippen LogP contribution in [0.4, 0.5) is 4.79 Å². The zero-order valence-corrected chi connectivity index (χ0v) is 26.4. The highest BCUT2D eigenvalue weighted by atomic mass is 16.3. The van der Waals surface area contributed by atoms with Crippen molar-refractivity contribution in [3.8, 4) is 6.07 Å². The Kier molecular flexibility index (Phi) is 11.5. The van der Waals surface area contributed by atoms with Crippen LogP contribution in [0.5, 0.6) is 0 Å². The van der Waals surface area contributed by atoms with Crippen LogP contribution in [-0.2, 0) is 24.2 Å². The summed E-state index contributed by atoms with van der Waals surface area (Å²) >= 11 is 0. The fraction of sp³-hybridized carbons (Fsp3) is 0.297. The van der Waals surface area contributed by atoms with E-state index in [0.717, 1.165) is 21.9 Å². The first-order valence-electron chi connectivity index (χ1n) is 15.3.